The predicted octanol–water partition coefficient (Wildman–Crippen LogP) is 2.11. The van der Waals surface area contributed by atoms with Crippen molar-refractivity contribution >= 4 is 17.8 Å². The Balaban J connectivity index is 1.50. The SMILES string of the molecule is O=C(c1cccc(F)c1)N1CCN2C(=O)N(Cc3ccccc3)C(=O)[C@@H]2C1. The third kappa shape index (κ3) is 3.16. The van der Waals surface area contributed by atoms with Gasteiger partial charge < -0.3 is 9.80 Å². The van der Waals surface area contributed by atoms with Gasteiger partial charge in [-0.2, -0.15) is 0 Å². The molecule has 2 saturated heterocycles. The Morgan fingerprint density at radius 3 is 2.56 bits per heavy atom. The van der Waals surface area contributed by atoms with Crippen molar-refractivity contribution in [3.63, 3.8) is 0 Å². The van der Waals surface area contributed by atoms with Crippen molar-refractivity contribution < 1.29 is 18.8 Å². The Kier molecular flexibility index (Phi) is 4.35. The standard InChI is InChI=1S/C20H18FN3O3/c21-16-8-4-7-15(11-16)18(25)22-9-10-23-17(13-22)19(26)24(20(23)27)12-14-5-2-1-3-6-14/h1-8,11,17H,9-10,12-13H2/t17-/m0/s1. The van der Waals surface area contributed by atoms with Gasteiger partial charge >= 0.3 is 6.03 Å². The first kappa shape index (κ1) is 17.2. The van der Waals surface area contributed by atoms with Gasteiger partial charge in [-0.05, 0) is 23.8 Å². The Morgan fingerprint density at radius 2 is 1.81 bits per heavy atom. The summed E-state index contributed by atoms with van der Waals surface area (Å²) in [5.41, 5.74) is 1.10. The molecule has 0 unspecified atom stereocenters. The number of hydrogen-bond donors (Lipinski definition) is 0. The zero-order valence-electron chi connectivity index (χ0n) is 14.5. The van der Waals surface area contributed by atoms with E-state index in [9.17, 15) is 18.8 Å². The zero-order valence-corrected chi connectivity index (χ0v) is 14.5. The van der Waals surface area contributed by atoms with Crippen LogP contribution in [0.4, 0.5) is 9.18 Å². The molecule has 2 aliphatic heterocycles. The van der Waals surface area contributed by atoms with Crippen LogP contribution < -0.4 is 0 Å². The maximum absolute atomic E-state index is 13.4. The number of imide groups is 1. The largest absolute Gasteiger partial charge is 0.334 e. The van der Waals surface area contributed by atoms with Gasteiger partial charge in [0.1, 0.15) is 11.9 Å². The number of piperazine rings is 1. The van der Waals surface area contributed by atoms with E-state index in [0.717, 1.165) is 5.56 Å². The van der Waals surface area contributed by atoms with Gasteiger partial charge in [0, 0.05) is 18.7 Å². The Bertz CT molecular complexity index is 902. The minimum absolute atomic E-state index is 0.116. The molecular weight excluding hydrogens is 349 g/mol. The average molecular weight is 367 g/mol. The third-order valence-corrected chi connectivity index (χ3v) is 4.95. The highest BCUT2D eigenvalue weighted by Crippen LogP contribution is 2.24. The summed E-state index contributed by atoms with van der Waals surface area (Å²) in [7, 11) is 0. The fourth-order valence-electron chi connectivity index (χ4n) is 3.55. The van der Waals surface area contributed by atoms with Gasteiger partial charge in [0.25, 0.3) is 11.8 Å². The van der Waals surface area contributed by atoms with E-state index >= 15 is 0 Å². The lowest BCUT2D eigenvalue weighted by molar-refractivity contribution is -0.129. The number of amides is 4. The van der Waals surface area contributed by atoms with Gasteiger partial charge in [0.05, 0.1) is 13.1 Å². The molecule has 0 spiro atoms. The molecule has 2 aromatic carbocycles. The quantitative estimate of drug-likeness (QED) is 0.781. The molecular formula is C20H18FN3O3. The van der Waals surface area contributed by atoms with Gasteiger partial charge in [0.15, 0.2) is 0 Å². The summed E-state index contributed by atoms with van der Waals surface area (Å²) in [4.78, 5) is 42.3. The molecule has 2 aliphatic rings. The molecule has 0 bridgehead atoms. The summed E-state index contributed by atoms with van der Waals surface area (Å²) in [6.07, 6.45) is 0. The minimum atomic E-state index is -0.688. The van der Waals surface area contributed by atoms with E-state index in [1.165, 1.54) is 32.9 Å². The van der Waals surface area contributed by atoms with Crippen LogP contribution in [0.15, 0.2) is 54.6 Å². The van der Waals surface area contributed by atoms with E-state index in [1.54, 1.807) is 6.07 Å². The van der Waals surface area contributed by atoms with Crippen molar-refractivity contribution in [2.24, 2.45) is 0 Å². The molecule has 0 aromatic heterocycles. The molecule has 0 N–H and O–H groups in total. The predicted molar refractivity (Wildman–Crippen MR) is 95.2 cm³/mol. The lowest BCUT2D eigenvalue weighted by Crippen LogP contribution is -2.54. The summed E-state index contributed by atoms with van der Waals surface area (Å²) < 4.78 is 13.4. The van der Waals surface area contributed by atoms with E-state index in [2.05, 4.69) is 0 Å². The monoisotopic (exact) mass is 367 g/mol. The van der Waals surface area contributed by atoms with Crippen molar-refractivity contribution in [1.82, 2.24) is 14.7 Å². The van der Waals surface area contributed by atoms with Gasteiger partial charge in [-0.15, -0.1) is 0 Å². The molecule has 0 aliphatic carbocycles. The van der Waals surface area contributed by atoms with Crippen LogP contribution in [0.5, 0.6) is 0 Å². The summed E-state index contributed by atoms with van der Waals surface area (Å²) in [5, 5.41) is 0. The summed E-state index contributed by atoms with van der Waals surface area (Å²) in [6.45, 7) is 0.917. The topological polar surface area (TPSA) is 60.9 Å². The van der Waals surface area contributed by atoms with E-state index in [-0.39, 0.29) is 43.0 Å². The van der Waals surface area contributed by atoms with Gasteiger partial charge in [-0.3, -0.25) is 14.5 Å². The number of rotatable bonds is 3. The Morgan fingerprint density at radius 1 is 1.04 bits per heavy atom. The first-order valence-electron chi connectivity index (χ1n) is 8.75. The molecule has 0 saturated carbocycles. The number of benzene rings is 2. The maximum Gasteiger partial charge on any atom is 0.327 e. The highest BCUT2D eigenvalue weighted by Gasteiger charge is 2.48. The highest BCUT2D eigenvalue weighted by atomic mass is 19.1. The van der Waals surface area contributed by atoms with Crippen LogP contribution in [0.2, 0.25) is 0 Å². The van der Waals surface area contributed by atoms with Crippen LogP contribution in [0, 0.1) is 5.82 Å². The van der Waals surface area contributed by atoms with Crippen LogP contribution in [0.25, 0.3) is 0 Å². The van der Waals surface area contributed by atoms with Crippen LogP contribution in [-0.4, -0.2) is 58.2 Å². The van der Waals surface area contributed by atoms with Crippen molar-refractivity contribution in [2.75, 3.05) is 19.6 Å². The summed E-state index contributed by atoms with van der Waals surface area (Å²) in [6, 6.07) is 13.8. The van der Waals surface area contributed by atoms with Gasteiger partial charge in [-0.1, -0.05) is 36.4 Å². The third-order valence-electron chi connectivity index (χ3n) is 4.95. The maximum atomic E-state index is 13.4. The van der Waals surface area contributed by atoms with E-state index < -0.39 is 11.9 Å². The molecule has 4 rings (SSSR count). The summed E-state index contributed by atoms with van der Waals surface area (Å²) in [5.74, 6) is -1.13. The van der Waals surface area contributed by atoms with Crippen molar-refractivity contribution in [2.45, 2.75) is 12.6 Å². The Hall–Kier alpha value is -3.22. The number of carbonyl (C=O) groups excluding carboxylic acids is 3. The number of hydrogen-bond acceptors (Lipinski definition) is 3. The van der Waals surface area contributed by atoms with Crippen LogP contribution in [0.1, 0.15) is 15.9 Å². The first-order valence-corrected chi connectivity index (χ1v) is 8.75. The van der Waals surface area contributed by atoms with Gasteiger partial charge in [-0.25, -0.2) is 9.18 Å². The molecule has 2 heterocycles. The second-order valence-corrected chi connectivity index (χ2v) is 6.66. The number of nitrogens with zero attached hydrogens (tertiary/aromatic N) is 3. The lowest BCUT2D eigenvalue weighted by Gasteiger charge is -2.35. The number of halogens is 1. The van der Waals surface area contributed by atoms with E-state index in [4.69, 9.17) is 0 Å². The zero-order chi connectivity index (χ0) is 19.0. The second kappa shape index (κ2) is 6.83. The smallest absolute Gasteiger partial charge is 0.327 e. The highest BCUT2D eigenvalue weighted by molar-refractivity contribution is 6.05. The van der Waals surface area contributed by atoms with Crippen LogP contribution in [-0.2, 0) is 11.3 Å². The molecule has 1 atom stereocenters. The lowest BCUT2D eigenvalue weighted by atomic mass is 10.1. The fourth-order valence-corrected chi connectivity index (χ4v) is 3.55. The number of carbonyl (C=O) groups is 3. The molecule has 2 aromatic rings. The van der Waals surface area contributed by atoms with Crippen LogP contribution >= 0.6 is 0 Å². The Labute approximate surface area is 155 Å². The van der Waals surface area contributed by atoms with E-state index in [0.29, 0.717) is 6.54 Å². The molecule has 2 fully saturated rings. The van der Waals surface area contributed by atoms with Crippen molar-refractivity contribution in [3.05, 3.63) is 71.5 Å². The molecule has 27 heavy (non-hydrogen) atoms. The molecule has 7 heteroatoms. The molecule has 0 radical (unpaired) electrons. The second-order valence-electron chi connectivity index (χ2n) is 6.66. The molecule has 138 valence electrons. The minimum Gasteiger partial charge on any atom is -0.334 e. The fraction of sp³-hybridized carbons (Fsp3) is 0.250. The number of urea groups is 1. The normalized spacial score (nSPS) is 19.4. The van der Waals surface area contributed by atoms with Gasteiger partial charge in [0.2, 0.25) is 0 Å². The van der Waals surface area contributed by atoms with E-state index in [1.807, 2.05) is 30.3 Å². The van der Waals surface area contributed by atoms with Crippen molar-refractivity contribution in [1.29, 1.82) is 0 Å². The number of fused-ring (bicyclic) bond motifs is 1. The molecule has 6 nitrogen and oxygen atoms in total. The molecule has 4 amide bonds. The van der Waals surface area contributed by atoms with Crippen molar-refractivity contribution in [3.8, 4) is 0 Å². The summed E-state index contributed by atoms with van der Waals surface area (Å²) >= 11 is 0. The first-order chi connectivity index (χ1) is 13.0. The van der Waals surface area contributed by atoms with Crippen LogP contribution in [0.3, 0.4) is 0 Å². The average Bonchev–Trinajstić information content (AvgIpc) is 2.92.